The maximum absolute atomic E-state index is 13.5. The standard InChI is InChI=1S/C15H17FN4OS/c16-11-2-1-7-20(9-11)13-4-3-10(8-17-13)14-19-12-5-6-18-21-15(12)22-14/h3-4,8,11,18H,1-2,5-7,9H2. The van der Waals surface area contributed by atoms with E-state index >= 15 is 0 Å². The molecule has 2 aromatic rings. The fourth-order valence-corrected chi connectivity index (χ4v) is 3.75. The van der Waals surface area contributed by atoms with E-state index in [1.165, 1.54) is 11.3 Å². The zero-order valence-corrected chi connectivity index (χ0v) is 12.9. The molecule has 1 saturated heterocycles. The molecule has 0 saturated carbocycles. The minimum Gasteiger partial charge on any atom is -0.396 e. The fourth-order valence-electron chi connectivity index (χ4n) is 2.82. The maximum Gasteiger partial charge on any atom is 0.224 e. The van der Waals surface area contributed by atoms with Crippen molar-refractivity contribution in [2.75, 3.05) is 24.5 Å². The van der Waals surface area contributed by atoms with Crippen LogP contribution in [-0.4, -0.2) is 35.8 Å². The molecular formula is C15H17FN4OS. The Bertz CT molecular complexity index is 637. The van der Waals surface area contributed by atoms with E-state index < -0.39 is 6.17 Å². The lowest BCUT2D eigenvalue weighted by Gasteiger charge is -2.29. The molecule has 0 bridgehead atoms. The van der Waals surface area contributed by atoms with Crippen LogP contribution in [0.5, 0.6) is 5.06 Å². The molecule has 2 aliphatic heterocycles. The number of nitrogens with one attached hydrogen (secondary N) is 1. The van der Waals surface area contributed by atoms with Crippen molar-refractivity contribution in [3.8, 4) is 15.6 Å². The highest BCUT2D eigenvalue weighted by molar-refractivity contribution is 7.17. The number of piperidine rings is 1. The number of hydrogen-bond donors (Lipinski definition) is 1. The normalized spacial score (nSPS) is 21.3. The zero-order valence-electron chi connectivity index (χ0n) is 12.1. The average molecular weight is 320 g/mol. The number of thiazole rings is 1. The molecule has 2 aromatic heterocycles. The largest absolute Gasteiger partial charge is 0.396 e. The number of pyridine rings is 1. The van der Waals surface area contributed by atoms with E-state index in [2.05, 4.69) is 15.4 Å². The Kier molecular flexibility index (Phi) is 3.67. The minimum atomic E-state index is -0.745. The topological polar surface area (TPSA) is 50.3 Å². The highest BCUT2D eigenvalue weighted by Gasteiger charge is 2.21. The average Bonchev–Trinajstić information content (AvgIpc) is 2.99. The van der Waals surface area contributed by atoms with Crippen molar-refractivity contribution in [3.05, 3.63) is 24.0 Å². The molecular weight excluding hydrogens is 303 g/mol. The first-order valence-electron chi connectivity index (χ1n) is 7.54. The highest BCUT2D eigenvalue weighted by atomic mass is 32.1. The predicted molar refractivity (Wildman–Crippen MR) is 84.0 cm³/mol. The van der Waals surface area contributed by atoms with Crippen molar-refractivity contribution in [2.24, 2.45) is 0 Å². The number of alkyl halides is 1. The molecule has 0 aromatic carbocycles. The second-order valence-electron chi connectivity index (χ2n) is 5.59. The van der Waals surface area contributed by atoms with Gasteiger partial charge in [-0.2, -0.15) is 5.48 Å². The summed E-state index contributed by atoms with van der Waals surface area (Å²) < 4.78 is 13.5. The summed E-state index contributed by atoms with van der Waals surface area (Å²) in [6, 6.07) is 3.95. The first kappa shape index (κ1) is 13.9. The summed E-state index contributed by atoms with van der Waals surface area (Å²) >= 11 is 1.52. The lowest BCUT2D eigenvalue weighted by atomic mass is 10.1. The Balaban J connectivity index is 1.55. The molecule has 0 aliphatic carbocycles. The summed E-state index contributed by atoms with van der Waals surface area (Å²) in [7, 11) is 0. The van der Waals surface area contributed by atoms with Gasteiger partial charge in [-0.3, -0.25) is 0 Å². The molecule has 0 radical (unpaired) electrons. The third-order valence-corrected chi connectivity index (χ3v) is 5.00. The smallest absolute Gasteiger partial charge is 0.224 e. The van der Waals surface area contributed by atoms with Crippen LogP contribution in [0.25, 0.3) is 10.6 Å². The number of fused-ring (bicyclic) bond motifs is 1. The Morgan fingerprint density at radius 3 is 3.14 bits per heavy atom. The summed E-state index contributed by atoms with van der Waals surface area (Å²) in [5.41, 5.74) is 4.85. The molecule has 22 heavy (non-hydrogen) atoms. The number of anilines is 1. The SMILES string of the molecule is FC1CCCN(c2ccc(-c3nc4c(s3)ONCC4)cn2)C1. The number of halogens is 1. The van der Waals surface area contributed by atoms with Crippen LogP contribution in [0.4, 0.5) is 10.2 Å². The second kappa shape index (κ2) is 5.81. The van der Waals surface area contributed by atoms with Gasteiger partial charge in [0, 0.05) is 31.3 Å². The molecule has 4 rings (SSSR count). The van der Waals surface area contributed by atoms with Gasteiger partial charge in [0.2, 0.25) is 5.06 Å². The van der Waals surface area contributed by atoms with Gasteiger partial charge in [0.1, 0.15) is 17.0 Å². The molecule has 0 spiro atoms. The van der Waals surface area contributed by atoms with Gasteiger partial charge in [-0.25, -0.2) is 14.4 Å². The van der Waals surface area contributed by atoms with Gasteiger partial charge in [0.25, 0.3) is 0 Å². The van der Waals surface area contributed by atoms with E-state index in [4.69, 9.17) is 4.84 Å². The lowest BCUT2D eigenvalue weighted by Crippen LogP contribution is -2.36. The van der Waals surface area contributed by atoms with Gasteiger partial charge < -0.3 is 9.74 Å². The van der Waals surface area contributed by atoms with Gasteiger partial charge in [0.15, 0.2) is 0 Å². The van der Waals surface area contributed by atoms with E-state index in [0.29, 0.717) is 13.0 Å². The number of nitrogens with zero attached hydrogens (tertiary/aromatic N) is 3. The predicted octanol–water partition coefficient (Wildman–Crippen LogP) is 2.58. The maximum atomic E-state index is 13.5. The van der Waals surface area contributed by atoms with Crippen LogP contribution >= 0.6 is 11.3 Å². The fraction of sp³-hybridized carbons (Fsp3) is 0.467. The lowest BCUT2D eigenvalue weighted by molar-refractivity contribution is 0.186. The van der Waals surface area contributed by atoms with Crippen LogP contribution in [0.2, 0.25) is 0 Å². The van der Waals surface area contributed by atoms with E-state index in [0.717, 1.165) is 53.1 Å². The molecule has 1 atom stereocenters. The Morgan fingerprint density at radius 1 is 1.41 bits per heavy atom. The summed E-state index contributed by atoms with van der Waals surface area (Å²) in [5.74, 6) is 0.838. The molecule has 2 aliphatic rings. The summed E-state index contributed by atoms with van der Waals surface area (Å²) in [6.45, 7) is 2.10. The molecule has 7 heteroatoms. The Labute approximate surface area is 132 Å². The van der Waals surface area contributed by atoms with Crippen LogP contribution in [0, 0.1) is 0 Å². The van der Waals surface area contributed by atoms with Crippen molar-refractivity contribution in [1.29, 1.82) is 0 Å². The van der Waals surface area contributed by atoms with Crippen LogP contribution < -0.4 is 15.2 Å². The van der Waals surface area contributed by atoms with Gasteiger partial charge in [-0.05, 0) is 25.0 Å². The van der Waals surface area contributed by atoms with Crippen LogP contribution in [-0.2, 0) is 6.42 Å². The quantitative estimate of drug-likeness (QED) is 0.922. The van der Waals surface area contributed by atoms with Gasteiger partial charge in [-0.15, -0.1) is 0 Å². The molecule has 4 heterocycles. The van der Waals surface area contributed by atoms with Gasteiger partial charge in [-0.1, -0.05) is 11.3 Å². The van der Waals surface area contributed by atoms with Gasteiger partial charge in [0.05, 0.1) is 12.2 Å². The third kappa shape index (κ3) is 2.66. The summed E-state index contributed by atoms with van der Waals surface area (Å²) in [5, 5.41) is 1.75. The van der Waals surface area contributed by atoms with Crippen molar-refractivity contribution < 1.29 is 9.23 Å². The molecule has 0 amide bonds. The third-order valence-electron chi connectivity index (χ3n) is 3.97. The Morgan fingerprint density at radius 2 is 2.36 bits per heavy atom. The number of hydrogen-bond acceptors (Lipinski definition) is 6. The molecule has 1 N–H and O–H groups in total. The first-order chi connectivity index (χ1) is 10.8. The van der Waals surface area contributed by atoms with E-state index in [1.807, 2.05) is 23.2 Å². The monoisotopic (exact) mass is 320 g/mol. The molecule has 1 unspecified atom stereocenters. The van der Waals surface area contributed by atoms with E-state index in [1.54, 1.807) is 0 Å². The van der Waals surface area contributed by atoms with Crippen LogP contribution in [0.1, 0.15) is 18.5 Å². The molecule has 5 nitrogen and oxygen atoms in total. The number of aromatic nitrogens is 2. The van der Waals surface area contributed by atoms with Gasteiger partial charge >= 0.3 is 0 Å². The minimum absolute atomic E-state index is 0.442. The summed E-state index contributed by atoms with van der Waals surface area (Å²) in [6.07, 6.45) is 3.49. The number of hydroxylamine groups is 1. The number of rotatable bonds is 2. The molecule has 116 valence electrons. The first-order valence-corrected chi connectivity index (χ1v) is 8.36. The second-order valence-corrected chi connectivity index (χ2v) is 6.55. The van der Waals surface area contributed by atoms with E-state index in [-0.39, 0.29) is 0 Å². The highest BCUT2D eigenvalue weighted by Crippen LogP contribution is 2.35. The summed E-state index contributed by atoms with van der Waals surface area (Å²) in [4.78, 5) is 16.5. The van der Waals surface area contributed by atoms with Crippen LogP contribution in [0.15, 0.2) is 18.3 Å². The van der Waals surface area contributed by atoms with Crippen LogP contribution in [0.3, 0.4) is 0 Å². The zero-order chi connectivity index (χ0) is 14.9. The Hall–Kier alpha value is -1.73. The van der Waals surface area contributed by atoms with Crippen molar-refractivity contribution in [2.45, 2.75) is 25.4 Å². The van der Waals surface area contributed by atoms with E-state index in [9.17, 15) is 4.39 Å². The van der Waals surface area contributed by atoms with Crippen molar-refractivity contribution in [1.82, 2.24) is 15.4 Å². The molecule has 1 fully saturated rings. The van der Waals surface area contributed by atoms with Crippen molar-refractivity contribution in [3.63, 3.8) is 0 Å². The van der Waals surface area contributed by atoms with Crippen molar-refractivity contribution >= 4 is 17.2 Å².